The van der Waals surface area contributed by atoms with Crippen LogP contribution in [0.1, 0.15) is 31.1 Å². The summed E-state index contributed by atoms with van der Waals surface area (Å²) in [5, 5.41) is 21.9. The summed E-state index contributed by atoms with van der Waals surface area (Å²) < 4.78 is 5.00. The highest BCUT2D eigenvalue weighted by Gasteiger charge is 2.27. The van der Waals surface area contributed by atoms with Gasteiger partial charge in [-0.2, -0.15) is 0 Å². The van der Waals surface area contributed by atoms with Gasteiger partial charge in [0.15, 0.2) is 0 Å². The third kappa shape index (κ3) is 3.13. The third-order valence-electron chi connectivity index (χ3n) is 2.93. The lowest BCUT2D eigenvalue weighted by Crippen LogP contribution is -2.50. The number of hydrogen-bond acceptors (Lipinski definition) is 4. The van der Waals surface area contributed by atoms with Crippen molar-refractivity contribution in [3.8, 4) is 11.5 Å². The Morgan fingerprint density at radius 2 is 2.06 bits per heavy atom. The Morgan fingerprint density at radius 3 is 2.56 bits per heavy atom. The number of aliphatic hydroxyl groups is 1. The predicted molar refractivity (Wildman–Crippen MR) is 67.9 cm³/mol. The lowest BCUT2D eigenvalue weighted by atomic mass is 9.98. The number of aliphatic hydroxyl groups excluding tert-OH is 1. The summed E-state index contributed by atoms with van der Waals surface area (Å²) in [5.74, 6) is -0.111. The quantitative estimate of drug-likeness (QED) is 0.755. The Kier molecular flexibility index (Phi) is 4.19. The SMILES string of the molecule is COc1ccc(O)c(C(=O)NC(C)(C)C(C)O)c1. The second-order valence-electron chi connectivity index (χ2n) is 4.73. The second-order valence-corrected chi connectivity index (χ2v) is 4.73. The van der Waals surface area contributed by atoms with Crippen molar-refractivity contribution >= 4 is 5.91 Å². The van der Waals surface area contributed by atoms with Crippen molar-refractivity contribution in [1.82, 2.24) is 5.32 Å². The van der Waals surface area contributed by atoms with Crippen molar-refractivity contribution in [2.75, 3.05) is 7.11 Å². The number of nitrogens with one attached hydrogen (secondary N) is 1. The molecular formula is C13H19NO4. The standard InChI is InChI=1S/C13H19NO4/c1-8(15)13(2,3)14-12(17)10-7-9(18-4)5-6-11(10)16/h5-8,15-16H,1-4H3,(H,14,17). The summed E-state index contributed by atoms with van der Waals surface area (Å²) in [6.07, 6.45) is -0.714. The molecule has 0 radical (unpaired) electrons. The molecule has 100 valence electrons. The zero-order chi connectivity index (χ0) is 13.9. The molecule has 5 nitrogen and oxygen atoms in total. The van der Waals surface area contributed by atoms with E-state index in [1.807, 2.05) is 0 Å². The molecule has 0 bridgehead atoms. The van der Waals surface area contributed by atoms with Gasteiger partial charge in [-0.3, -0.25) is 4.79 Å². The molecule has 0 spiro atoms. The van der Waals surface area contributed by atoms with E-state index in [9.17, 15) is 15.0 Å². The zero-order valence-electron chi connectivity index (χ0n) is 11.0. The number of ether oxygens (including phenoxy) is 1. The maximum atomic E-state index is 12.0. The molecule has 0 saturated heterocycles. The molecule has 1 amide bonds. The summed E-state index contributed by atoms with van der Waals surface area (Å²) in [6.45, 7) is 4.99. The summed E-state index contributed by atoms with van der Waals surface area (Å²) in [6, 6.07) is 4.40. The number of aromatic hydroxyl groups is 1. The highest BCUT2D eigenvalue weighted by Crippen LogP contribution is 2.23. The fourth-order valence-electron chi connectivity index (χ4n) is 1.29. The van der Waals surface area contributed by atoms with Gasteiger partial charge in [-0.25, -0.2) is 0 Å². The molecule has 1 unspecified atom stereocenters. The second kappa shape index (κ2) is 5.27. The lowest BCUT2D eigenvalue weighted by molar-refractivity contribution is 0.0707. The van der Waals surface area contributed by atoms with Crippen LogP contribution in [0.2, 0.25) is 0 Å². The van der Waals surface area contributed by atoms with Gasteiger partial charge in [0.2, 0.25) is 0 Å². The van der Waals surface area contributed by atoms with Gasteiger partial charge in [0.1, 0.15) is 11.5 Å². The van der Waals surface area contributed by atoms with Crippen molar-refractivity contribution < 1.29 is 19.7 Å². The van der Waals surface area contributed by atoms with Crippen LogP contribution >= 0.6 is 0 Å². The summed E-state index contributed by atoms with van der Waals surface area (Å²) in [7, 11) is 1.48. The first-order valence-corrected chi connectivity index (χ1v) is 5.65. The number of phenolic OH excluding ortho intramolecular Hbond substituents is 1. The van der Waals surface area contributed by atoms with E-state index in [4.69, 9.17) is 4.74 Å². The molecule has 1 aromatic rings. The van der Waals surface area contributed by atoms with E-state index in [0.717, 1.165) is 0 Å². The molecule has 5 heteroatoms. The molecule has 18 heavy (non-hydrogen) atoms. The molecule has 0 heterocycles. The van der Waals surface area contributed by atoms with E-state index >= 15 is 0 Å². The van der Waals surface area contributed by atoms with Crippen molar-refractivity contribution in [3.63, 3.8) is 0 Å². The Labute approximate surface area is 106 Å². The van der Waals surface area contributed by atoms with Crippen molar-refractivity contribution in [2.45, 2.75) is 32.4 Å². The Morgan fingerprint density at radius 1 is 1.44 bits per heavy atom. The normalized spacial score (nSPS) is 12.9. The summed E-state index contributed by atoms with van der Waals surface area (Å²) >= 11 is 0. The molecular weight excluding hydrogens is 234 g/mol. The van der Waals surface area contributed by atoms with Crippen molar-refractivity contribution in [2.24, 2.45) is 0 Å². The van der Waals surface area contributed by atoms with Crippen LogP contribution < -0.4 is 10.1 Å². The maximum absolute atomic E-state index is 12.0. The first-order valence-electron chi connectivity index (χ1n) is 5.65. The van der Waals surface area contributed by atoms with Crippen LogP contribution in [0.5, 0.6) is 11.5 Å². The van der Waals surface area contributed by atoms with Crippen molar-refractivity contribution in [1.29, 1.82) is 0 Å². The smallest absolute Gasteiger partial charge is 0.255 e. The van der Waals surface area contributed by atoms with E-state index in [0.29, 0.717) is 5.75 Å². The number of carbonyl (C=O) groups excluding carboxylic acids is 1. The molecule has 0 aliphatic rings. The first-order chi connectivity index (χ1) is 8.27. The molecule has 0 aliphatic heterocycles. The molecule has 0 fully saturated rings. The van der Waals surface area contributed by atoms with E-state index < -0.39 is 17.6 Å². The van der Waals surface area contributed by atoms with E-state index in [1.165, 1.54) is 19.2 Å². The Hall–Kier alpha value is -1.75. The highest BCUT2D eigenvalue weighted by molar-refractivity contribution is 5.97. The van der Waals surface area contributed by atoms with Crippen LogP contribution in [0.15, 0.2) is 18.2 Å². The number of rotatable bonds is 4. The number of methoxy groups -OCH3 is 1. The molecule has 3 N–H and O–H groups in total. The fraction of sp³-hybridized carbons (Fsp3) is 0.462. The summed E-state index contributed by atoms with van der Waals surface area (Å²) in [5.41, 5.74) is -0.671. The van der Waals surface area contributed by atoms with Gasteiger partial charge in [-0.15, -0.1) is 0 Å². The van der Waals surface area contributed by atoms with E-state index in [1.54, 1.807) is 26.8 Å². The van der Waals surface area contributed by atoms with Crippen LogP contribution in [-0.4, -0.2) is 34.9 Å². The zero-order valence-corrected chi connectivity index (χ0v) is 11.0. The first kappa shape index (κ1) is 14.3. The number of benzene rings is 1. The lowest BCUT2D eigenvalue weighted by Gasteiger charge is -2.29. The van der Waals surface area contributed by atoms with Gasteiger partial charge in [-0.05, 0) is 39.0 Å². The number of amides is 1. The minimum absolute atomic E-state index is 0.114. The van der Waals surface area contributed by atoms with Gasteiger partial charge in [-0.1, -0.05) is 0 Å². The van der Waals surface area contributed by atoms with E-state index in [-0.39, 0.29) is 11.3 Å². The minimum atomic E-state index is -0.785. The molecule has 1 atom stereocenters. The molecule has 0 aliphatic carbocycles. The van der Waals surface area contributed by atoms with Gasteiger partial charge in [0.05, 0.1) is 24.3 Å². The number of carbonyl (C=O) groups is 1. The minimum Gasteiger partial charge on any atom is -0.507 e. The average Bonchev–Trinajstić information content (AvgIpc) is 2.28. The van der Waals surface area contributed by atoms with Gasteiger partial charge < -0.3 is 20.3 Å². The Balaban J connectivity index is 2.97. The third-order valence-corrected chi connectivity index (χ3v) is 2.93. The molecule has 0 saturated carbocycles. The van der Waals surface area contributed by atoms with Gasteiger partial charge in [0, 0.05) is 0 Å². The average molecular weight is 253 g/mol. The van der Waals surface area contributed by atoms with Crippen LogP contribution in [0.4, 0.5) is 0 Å². The van der Waals surface area contributed by atoms with Crippen LogP contribution in [0.25, 0.3) is 0 Å². The molecule has 1 rings (SSSR count). The molecule has 1 aromatic carbocycles. The number of hydrogen-bond donors (Lipinski definition) is 3. The topological polar surface area (TPSA) is 78.8 Å². The monoisotopic (exact) mass is 253 g/mol. The Bertz CT molecular complexity index is 441. The van der Waals surface area contributed by atoms with Gasteiger partial charge >= 0.3 is 0 Å². The van der Waals surface area contributed by atoms with Crippen LogP contribution in [-0.2, 0) is 0 Å². The highest BCUT2D eigenvalue weighted by atomic mass is 16.5. The van der Waals surface area contributed by atoms with E-state index in [2.05, 4.69) is 5.32 Å². The van der Waals surface area contributed by atoms with Crippen LogP contribution in [0, 0.1) is 0 Å². The van der Waals surface area contributed by atoms with Gasteiger partial charge in [0.25, 0.3) is 5.91 Å². The maximum Gasteiger partial charge on any atom is 0.255 e. The molecule has 0 aromatic heterocycles. The largest absolute Gasteiger partial charge is 0.507 e. The van der Waals surface area contributed by atoms with Crippen molar-refractivity contribution in [3.05, 3.63) is 23.8 Å². The van der Waals surface area contributed by atoms with Crippen LogP contribution in [0.3, 0.4) is 0 Å². The summed E-state index contributed by atoms with van der Waals surface area (Å²) in [4.78, 5) is 12.0. The fourth-order valence-corrected chi connectivity index (χ4v) is 1.29. The number of phenols is 1. The predicted octanol–water partition coefficient (Wildman–Crippen LogP) is 1.29.